The molecular weight excluding hydrogens is 866 g/mol. The summed E-state index contributed by atoms with van der Waals surface area (Å²) in [6.07, 6.45) is 0. The van der Waals surface area contributed by atoms with Crippen LogP contribution < -0.4 is 15.8 Å². The van der Waals surface area contributed by atoms with Crippen LogP contribution in [0.2, 0.25) is 0 Å². The van der Waals surface area contributed by atoms with Crippen LogP contribution in [0.4, 0.5) is 17.1 Å². The molecule has 0 atom stereocenters. The minimum Gasteiger partial charge on any atom is -0.311 e. The van der Waals surface area contributed by atoms with E-state index in [2.05, 4.69) is 257 Å². The second-order valence-electron chi connectivity index (χ2n) is 23.9. The SMILES string of the molecule is C=C1B2c3cc4c(C)c5ccccc5c(C(C)(C)C)c4cc3N(c3cc(-c4ccccc4)cc(-c4ccccc4)c3)c3cc4ccccc4c(c32)-c2cc(C(C)(C)C)cc(c2C)-c2cc(C(C)(C)C)ccc21. The lowest BCUT2D eigenvalue weighted by Crippen LogP contribution is -2.51. The molecular formula is C70H64BN. The lowest BCUT2D eigenvalue weighted by atomic mass is 9.32. The van der Waals surface area contributed by atoms with E-state index < -0.39 is 0 Å². The number of nitrogens with zero attached hydrogens (tertiary/aromatic N) is 1. The van der Waals surface area contributed by atoms with Crippen LogP contribution in [-0.2, 0) is 16.2 Å². The van der Waals surface area contributed by atoms with Gasteiger partial charge in [-0.15, -0.1) is 6.58 Å². The average molecular weight is 930 g/mol. The van der Waals surface area contributed by atoms with Gasteiger partial charge in [-0.1, -0.05) is 213 Å². The number of hydrogen-bond donors (Lipinski definition) is 0. The number of anilines is 3. The molecule has 0 aromatic heterocycles. The number of benzene rings is 10. The Morgan fingerprint density at radius 3 is 1.60 bits per heavy atom. The van der Waals surface area contributed by atoms with Crippen molar-refractivity contribution < 1.29 is 0 Å². The van der Waals surface area contributed by atoms with E-state index in [0.717, 1.165) is 11.2 Å². The molecule has 1 nitrogen and oxygen atoms in total. The van der Waals surface area contributed by atoms with Gasteiger partial charge in [-0.2, -0.15) is 0 Å². The third-order valence-electron chi connectivity index (χ3n) is 16.1. The van der Waals surface area contributed by atoms with Crippen molar-refractivity contribution in [3.05, 3.63) is 216 Å². The summed E-state index contributed by atoms with van der Waals surface area (Å²) in [5, 5.41) is 7.72. The Morgan fingerprint density at radius 2 is 0.972 bits per heavy atom. The summed E-state index contributed by atoms with van der Waals surface area (Å²) >= 11 is 0. The van der Waals surface area contributed by atoms with Crippen LogP contribution in [0.5, 0.6) is 0 Å². The van der Waals surface area contributed by atoms with E-state index in [1.807, 2.05) is 0 Å². The molecule has 0 amide bonds. The van der Waals surface area contributed by atoms with Crippen LogP contribution in [0.25, 0.3) is 82.3 Å². The Bertz CT molecular complexity index is 3830. The Labute approximate surface area is 428 Å². The van der Waals surface area contributed by atoms with Crippen molar-refractivity contribution >= 4 is 72.5 Å². The van der Waals surface area contributed by atoms with Crippen molar-refractivity contribution in [2.45, 2.75) is 92.4 Å². The predicted octanol–water partition coefficient (Wildman–Crippen LogP) is 18.3. The van der Waals surface area contributed by atoms with Gasteiger partial charge in [0, 0.05) is 17.1 Å². The van der Waals surface area contributed by atoms with Crippen molar-refractivity contribution in [1.82, 2.24) is 0 Å². The van der Waals surface area contributed by atoms with Gasteiger partial charge in [0.05, 0.1) is 0 Å². The second-order valence-corrected chi connectivity index (χ2v) is 23.9. The molecule has 0 spiro atoms. The topological polar surface area (TPSA) is 3.24 Å². The zero-order valence-corrected chi connectivity index (χ0v) is 44.0. The third kappa shape index (κ3) is 7.20. The van der Waals surface area contributed by atoms with E-state index in [4.69, 9.17) is 6.58 Å². The molecule has 0 saturated carbocycles. The standard InChI is InChI=1S/C70H64BN/c1-42-53-28-21-22-30-56(53)66(70(10,11)12)61-41-63-62(40-58(42)61)71-44(3)54-32-31-50(68(4,5)6)37-60(54)57-38-51(69(7,8)9)39-59(43(57)2)65-55-29-20-19-27-47(55)36-64(67(65)71)72(63)52-34-48(45-23-15-13-16-24-45)33-49(35-52)46-25-17-14-18-26-46/h13-41H,3H2,1-2,4-12H3. The minimum absolute atomic E-state index is 0.0473. The van der Waals surface area contributed by atoms with Crippen molar-refractivity contribution in [1.29, 1.82) is 0 Å². The Kier molecular flexibility index (Phi) is 10.4. The highest BCUT2D eigenvalue weighted by Gasteiger charge is 2.42. The normalized spacial score (nSPS) is 13.5. The average Bonchev–Trinajstić information content (AvgIpc) is 3.37. The van der Waals surface area contributed by atoms with Gasteiger partial charge in [0.2, 0.25) is 6.71 Å². The molecule has 2 bridgehead atoms. The summed E-state index contributed by atoms with van der Waals surface area (Å²) in [5.41, 5.74) is 24.7. The maximum atomic E-state index is 5.34. The maximum absolute atomic E-state index is 5.34. The Balaban J connectivity index is 1.31. The highest BCUT2D eigenvalue weighted by Crippen LogP contribution is 2.51. The quantitative estimate of drug-likeness (QED) is 0.126. The van der Waals surface area contributed by atoms with Gasteiger partial charge in [-0.05, 0) is 182 Å². The maximum Gasteiger partial charge on any atom is 0.247 e. The first-order valence-corrected chi connectivity index (χ1v) is 26.0. The van der Waals surface area contributed by atoms with E-state index in [-0.39, 0.29) is 23.0 Å². The van der Waals surface area contributed by atoms with Crippen LogP contribution in [0.1, 0.15) is 95.7 Å². The number of fused-ring (bicyclic) bond motifs is 11. The largest absolute Gasteiger partial charge is 0.311 e. The van der Waals surface area contributed by atoms with Crippen LogP contribution in [0.15, 0.2) is 183 Å². The first-order chi connectivity index (χ1) is 34.4. The minimum atomic E-state index is -0.184. The third-order valence-corrected chi connectivity index (χ3v) is 16.1. The molecule has 12 rings (SSSR count). The molecule has 0 fully saturated rings. The zero-order valence-electron chi connectivity index (χ0n) is 44.0. The number of aryl methyl sites for hydroxylation is 1. The fourth-order valence-electron chi connectivity index (χ4n) is 12.4. The Morgan fingerprint density at radius 1 is 0.403 bits per heavy atom. The molecule has 10 aromatic carbocycles. The molecule has 10 aromatic rings. The van der Waals surface area contributed by atoms with Crippen LogP contribution in [-0.4, -0.2) is 6.71 Å². The van der Waals surface area contributed by atoms with Crippen molar-refractivity contribution in [3.8, 4) is 44.5 Å². The molecule has 2 aliphatic heterocycles. The van der Waals surface area contributed by atoms with Gasteiger partial charge in [-0.25, -0.2) is 0 Å². The molecule has 2 heteroatoms. The summed E-state index contributed by atoms with van der Waals surface area (Å²) in [4.78, 5) is 2.64. The van der Waals surface area contributed by atoms with E-state index in [9.17, 15) is 0 Å². The van der Waals surface area contributed by atoms with Crippen molar-refractivity contribution in [2.24, 2.45) is 0 Å². The molecule has 72 heavy (non-hydrogen) atoms. The molecule has 0 saturated heterocycles. The van der Waals surface area contributed by atoms with Gasteiger partial charge >= 0.3 is 0 Å². The smallest absolute Gasteiger partial charge is 0.247 e. The van der Waals surface area contributed by atoms with Crippen LogP contribution in [0, 0.1) is 13.8 Å². The van der Waals surface area contributed by atoms with E-state index in [1.54, 1.807) is 0 Å². The second kappa shape index (κ2) is 16.3. The van der Waals surface area contributed by atoms with Crippen LogP contribution >= 0.6 is 0 Å². The fraction of sp³-hybridized carbons (Fsp3) is 0.200. The molecule has 352 valence electrons. The van der Waals surface area contributed by atoms with E-state index >= 15 is 0 Å². The van der Waals surface area contributed by atoms with Gasteiger partial charge in [0.25, 0.3) is 0 Å². The molecule has 0 unspecified atom stereocenters. The van der Waals surface area contributed by atoms with E-state index in [0.29, 0.717) is 0 Å². The van der Waals surface area contributed by atoms with Crippen molar-refractivity contribution in [3.63, 3.8) is 0 Å². The monoisotopic (exact) mass is 930 g/mol. The molecule has 0 aliphatic carbocycles. The Hall–Kier alpha value is -7.42. The van der Waals surface area contributed by atoms with Gasteiger partial charge < -0.3 is 4.90 Å². The van der Waals surface area contributed by atoms with Crippen LogP contribution in [0.3, 0.4) is 0 Å². The lowest BCUT2D eigenvalue weighted by molar-refractivity contribution is 0.589. The highest BCUT2D eigenvalue weighted by molar-refractivity contribution is 7.03. The lowest BCUT2D eigenvalue weighted by Gasteiger charge is -2.40. The van der Waals surface area contributed by atoms with Gasteiger partial charge in [0.15, 0.2) is 0 Å². The zero-order chi connectivity index (χ0) is 50.2. The predicted molar refractivity (Wildman–Crippen MR) is 315 cm³/mol. The molecule has 0 N–H and O–H groups in total. The summed E-state index contributed by atoms with van der Waals surface area (Å²) in [7, 11) is 0. The molecule has 2 aliphatic rings. The summed E-state index contributed by atoms with van der Waals surface area (Å²) in [6.45, 7) is 31.1. The summed E-state index contributed by atoms with van der Waals surface area (Å²) in [6, 6.07) is 67.3. The number of rotatable bonds is 3. The summed E-state index contributed by atoms with van der Waals surface area (Å²) in [5.74, 6) is 0. The van der Waals surface area contributed by atoms with Crippen molar-refractivity contribution in [2.75, 3.05) is 4.90 Å². The van der Waals surface area contributed by atoms with Gasteiger partial charge in [-0.3, -0.25) is 0 Å². The first kappa shape index (κ1) is 45.7. The van der Waals surface area contributed by atoms with Gasteiger partial charge in [0.1, 0.15) is 0 Å². The fourth-order valence-corrected chi connectivity index (χ4v) is 12.4. The molecule has 0 radical (unpaired) electrons. The summed E-state index contributed by atoms with van der Waals surface area (Å²) < 4.78 is 0. The van der Waals surface area contributed by atoms with E-state index in [1.165, 1.54) is 133 Å². The number of hydrogen-bond acceptors (Lipinski definition) is 1. The highest BCUT2D eigenvalue weighted by atomic mass is 15.2. The molecule has 2 heterocycles. The first-order valence-electron chi connectivity index (χ1n) is 26.0.